The lowest BCUT2D eigenvalue weighted by Crippen LogP contribution is -2.25. The van der Waals surface area contributed by atoms with E-state index in [9.17, 15) is 4.79 Å². The van der Waals surface area contributed by atoms with Gasteiger partial charge in [0.15, 0.2) is 0 Å². The quantitative estimate of drug-likeness (QED) is 0.457. The summed E-state index contributed by atoms with van der Waals surface area (Å²) < 4.78 is 5.12. The summed E-state index contributed by atoms with van der Waals surface area (Å²) in [5, 5.41) is 2.81. The van der Waals surface area contributed by atoms with Gasteiger partial charge in [-0.15, -0.1) is 12.3 Å². The molecule has 0 aliphatic heterocycles. The van der Waals surface area contributed by atoms with Crippen LogP contribution in [0, 0.1) is 12.3 Å². The number of nitrogens with two attached hydrogens (primary N) is 1. The molecule has 0 unspecified atom stereocenters. The molecular weight excluding hydrogens is 228 g/mol. The van der Waals surface area contributed by atoms with Gasteiger partial charge in [-0.25, -0.2) is 0 Å². The Labute approximate surface area is 108 Å². The number of unbranched alkanes of at least 4 members (excludes halogenated alkanes) is 2. The van der Waals surface area contributed by atoms with Gasteiger partial charge in [-0.05, 0) is 25.0 Å². The number of nitrogens with one attached hydrogen (secondary N) is 1. The van der Waals surface area contributed by atoms with E-state index in [2.05, 4.69) is 11.2 Å². The maximum absolute atomic E-state index is 12.0. The van der Waals surface area contributed by atoms with Gasteiger partial charge in [0, 0.05) is 18.7 Å². The molecule has 0 spiro atoms. The Morgan fingerprint density at radius 3 is 2.94 bits per heavy atom. The molecule has 0 aromatic heterocycles. The van der Waals surface area contributed by atoms with Gasteiger partial charge in [0.05, 0.1) is 7.11 Å². The second-order valence-electron chi connectivity index (χ2n) is 3.84. The maximum Gasteiger partial charge on any atom is 0.257 e. The van der Waals surface area contributed by atoms with Crippen LogP contribution in [0.2, 0.25) is 0 Å². The van der Waals surface area contributed by atoms with Crippen LogP contribution in [0.1, 0.15) is 29.6 Å². The SMILES string of the molecule is C#CCCCCNC(=O)c1c(N)cccc1OC. The molecule has 1 amide bonds. The first-order valence-corrected chi connectivity index (χ1v) is 5.84. The number of carbonyl (C=O) groups is 1. The second kappa shape index (κ2) is 7.23. The number of methoxy groups -OCH3 is 1. The van der Waals surface area contributed by atoms with Crippen LogP contribution in [0.15, 0.2) is 18.2 Å². The van der Waals surface area contributed by atoms with E-state index in [1.54, 1.807) is 18.2 Å². The Bertz CT molecular complexity index is 450. The Hall–Kier alpha value is -2.15. The molecule has 0 heterocycles. The summed E-state index contributed by atoms with van der Waals surface area (Å²) in [4.78, 5) is 12.0. The summed E-state index contributed by atoms with van der Waals surface area (Å²) in [7, 11) is 1.51. The molecule has 0 fully saturated rings. The second-order valence-corrected chi connectivity index (χ2v) is 3.84. The number of ether oxygens (including phenoxy) is 1. The van der Waals surface area contributed by atoms with Crippen LogP contribution >= 0.6 is 0 Å². The van der Waals surface area contributed by atoms with Crippen molar-refractivity contribution in [3.05, 3.63) is 23.8 Å². The molecule has 0 bridgehead atoms. The molecular formula is C14H18N2O2. The average molecular weight is 246 g/mol. The lowest BCUT2D eigenvalue weighted by atomic mass is 10.1. The standard InChI is InChI=1S/C14H18N2O2/c1-3-4-5-6-10-16-14(17)13-11(15)8-7-9-12(13)18-2/h1,7-9H,4-6,10,15H2,2H3,(H,16,17). The Kier molecular flexibility index (Phi) is 5.59. The maximum atomic E-state index is 12.0. The largest absolute Gasteiger partial charge is 0.496 e. The molecule has 0 saturated carbocycles. The van der Waals surface area contributed by atoms with Crippen molar-refractivity contribution in [2.75, 3.05) is 19.4 Å². The van der Waals surface area contributed by atoms with E-state index in [4.69, 9.17) is 16.9 Å². The number of benzene rings is 1. The molecule has 18 heavy (non-hydrogen) atoms. The number of nitrogen functional groups attached to an aromatic ring is 1. The summed E-state index contributed by atoms with van der Waals surface area (Å²) in [6.45, 7) is 0.581. The van der Waals surface area contributed by atoms with E-state index < -0.39 is 0 Å². The van der Waals surface area contributed by atoms with Crippen molar-refractivity contribution in [2.45, 2.75) is 19.3 Å². The zero-order valence-corrected chi connectivity index (χ0v) is 10.5. The van der Waals surface area contributed by atoms with E-state index in [0.717, 1.165) is 19.3 Å². The molecule has 0 aliphatic rings. The first-order valence-electron chi connectivity index (χ1n) is 5.84. The summed E-state index contributed by atoms with van der Waals surface area (Å²) in [5.74, 6) is 2.83. The van der Waals surface area contributed by atoms with Gasteiger partial charge in [-0.2, -0.15) is 0 Å². The zero-order chi connectivity index (χ0) is 13.4. The van der Waals surface area contributed by atoms with Crippen molar-refractivity contribution in [3.63, 3.8) is 0 Å². The summed E-state index contributed by atoms with van der Waals surface area (Å²) >= 11 is 0. The Balaban J connectivity index is 2.59. The molecule has 0 saturated heterocycles. The first kappa shape index (κ1) is 13.9. The third-order valence-electron chi connectivity index (χ3n) is 2.54. The van der Waals surface area contributed by atoms with Gasteiger partial charge in [-0.1, -0.05) is 6.07 Å². The predicted octanol–water partition coefficient (Wildman–Crippen LogP) is 1.81. The number of hydrogen-bond donors (Lipinski definition) is 2. The van der Waals surface area contributed by atoms with Crippen molar-refractivity contribution in [1.29, 1.82) is 0 Å². The fraction of sp³-hybridized carbons (Fsp3) is 0.357. The van der Waals surface area contributed by atoms with Gasteiger partial charge >= 0.3 is 0 Å². The van der Waals surface area contributed by atoms with E-state index >= 15 is 0 Å². The molecule has 1 rings (SSSR count). The van der Waals surface area contributed by atoms with E-state index in [0.29, 0.717) is 23.5 Å². The van der Waals surface area contributed by atoms with Crippen molar-refractivity contribution in [2.24, 2.45) is 0 Å². The highest BCUT2D eigenvalue weighted by Crippen LogP contribution is 2.23. The number of anilines is 1. The highest BCUT2D eigenvalue weighted by molar-refractivity contribution is 6.01. The van der Waals surface area contributed by atoms with E-state index in [1.165, 1.54) is 7.11 Å². The molecule has 96 valence electrons. The fourth-order valence-electron chi connectivity index (χ4n) is 1.60. The molecule has 0 atom stereocenters. The zero-order valence-electron chi connectivity index (χ0n) is 10.5. The van der Waals surface area contributed by atoms with Gasteiger partial charge in [0.2, 0.25) is 0 Å². The molecule has 0 radical (unpaired) electrons. The highest BCUT2D eigenvalue weighted by atomic mass is 16.5. The minimum atomic E-state index is -0.217. The van der Waals surface area contributed by atoms with Crippen LogP contribution in [0.4, 0.5) is 5.69 Å². The van der Waals surface area contributed by atoms with Crippen molar-refractivity contribution in [1.82, 2.24) is 5.32 Å². The van der Waals surface area contributed by atoms with Crippen molar-refractivity contribution < 1.29 is 9.53 Å². The predicted molar refractivity (Wildman–Crippen MR) is 72.4 cm³/mol. The van der Waals surface area contributed by atoms with Crippen LogP contribution < -0.4 is 15.8 Å². The molecule has 0 aliphatic carbocycles. The number of carbonyl (C=O) groups excluding carboxylic acids is 1. The fourth-order valence-corrected chi connectivity index (χ4v) is 1.60. The highest BCUT2D eigenvalue weighted by Gasteiger charge is 2.14. The normalized spacial score (nSPS) is 9.56. The topological polar surface area (TPSA) is 64.4 Å². The number of terminal acetylenes is 1. The smallest absolute Gasteiger partial charge is 0.257 e. The first-order chi connectivity index (χ1) is 8.70. The third kappa shape index (κ3) is 3.70. The minimum Gasteiger partial charge on any atom is -0.496 e. The minimum absolute atomic E-state index is 0.217. The lowest BCUT2D eigenvalue weighted by molar-refractivity contribution is 0.0951. The van der Waals surface area contributed by atoms with Gasteiger partial charge in [-0.3, -0.25) is 4.79 Å². The third-order valence-corrected chi connectivity index (χ3v) is 2.54. The van der Waals surface area contributed by atoms with Gasteiger partial charge in [0.25, 0.3) is 5.91 Å². The number of rotatable bonds is 6. The van der Waals surface area contributed by atoms with Crippen LogP contribution in [0.5, 0.6) is 5.75 Å². The molecule has 1 aromatic carbocycles. The molecule has 3 N–H and O–H groups in total. The van der Waals surface area contributed by atoms with Crippen molar-refractivity contribution in [3.8, 4) is 18.1 Å². The van der Waals surface area contributed by atoms with Crippen LogP contribution in [-0.4, -0.2) is 19.6 Å². The van der Waals surface area contributed by atoms with E-state index in [1.807, 2.05) is 0 Å². The number of hydrogen-bond acceptors (Lipinski definition) is 3. The van der Waals surface area contributed by atoms with Gasteiger partial charge in [0.1, 0.15) is 11.3 Å². The summed E-state index contributed by atoms with van der Waals surface area (Å²) in [6.07, 6.45) is 7.63. The van der Waals surface area contributed by atoms with E-state index in [-0.39, 0.29) is 5.91 Å². The molecule has 4 heteroatoms. The molecule has 4 nitrogen and oxygen atoms in total. The molecule has 1 aromatic rings. The van der Waals surface area contributed by atoms with Crippen molar-refractivity contribution >= 4 is 11.6 Å². The van der Waals surface area contributed by atoms with Gasteiger partial charge < -0.3 is 15.8 Å². The van der Waals surface area contributed by atoms with Crippen LogP contribution in [0.3, 0.4) is 0 Å². The number of amides is 1. The monoisotopic (exact) mass is 246 g/mol. The van der Waals surface area contributed by atoms with Crippen LogP contribution in [-0.2, 0) is 0 Å². The Morgan fingerprint density at radius 2 is 2.28 bits per heavy atom. The summed E-state index contributed by atoms with van der Waals surface area (Å²) in [6, 6.07) is 5.14. The lowest BCUT2D eigenvalue weighted by Gasteiger charge is -2.11. The average Bonchev–Trinajstić information content (AvgIpc) is 2.37. The summed E-state index contributed by atoms with van der Waals surface area (Å²) in [5.41, 5.74) is 6.58. The Morgan fingerprint density at radius 1 is 1.50 bits per heavy atom. The van der Waals surface area contributed by atoms with Crippen LogP contribution in [0.25, 0.3) is 0 Å².